The quantitative estimate of drug-likeness (QED) is 0.653. The summed E-state index contributed by atoms with van der Waals surface area (Å²) in [7, 11) is 0. The van der Waals surface area contributed by atoms with Crippen LogP contribution in [-0.2, 0) is 0 Å². The third kappa shape index (κ3) is 1.67. The SMILES string of the molecule is Fc1cccc(NC2CC2)n1. The second-order valence-corrected chi connectivity index (χ2v) is 2.76. The molecule has 1 aromatic heterocycles. The molecule has 0 saturated heterocycles. The van der Waals surface area contributed by atoms with Gasteiger partial charge in [0.1, 0.15) is 5.82 Å². The molecule has 0 aliphatic heterocycles. The lowest BCUT2D eigenvalue weighted by Gasteiger charge is -2.00. The van der Waals surface area contributed by atoms with Crippen molar-refractivity contribution in [1.82, 2.24) is 4.98 Å². The molecule has 58 valence electrons. The number of hydrogen-bond donors (Lipinski definition) is 1. The highest BCUT2D eigenvalue weighted by Gasteiger charge is 2.21. The fourth-order valence-electron chi connectivity index (χ4n) is 0.925. The molecule has 0 unspecified atom stereocenters. The summed E-state index contributed by atoms with van der Waals surface area (Å²) in [6.07, 6.45) is 2.36. The van der Waals surface area contributed by atoms with E-state index in [1.54, 1.807) is 12.1 Å². The van der Waals surface area contributed by atoms with Crippen molar-refractivity contribution in [2.75, 3.05) is 5.32 Å². The molecular formula is C8H9FN2. The minimum absolute atomic E-state index is 0.421. The van der Waals surface area contributed by atoms with Gasteiger partial charge in [0.25, 0.3) is 0 Å². The topological polar surface area (TPSA) is 24.9 Å². The van der Waals surface area contributed by atoms with Crippen LogP contribution in [0.25, 0.3) is 0 Å². The van der Waals surface area contributed by atoms with E-state index in [9.17, 15) is 4.39 Å². The zero-order valence-corrected chi connectivity index (χ0v) is 6.05. The largest absolute Gasteiger partial charge is 0.367 e. The first-order valence-corrected chi connectivity index (χ1v) is 3.74. The van der Waals surface area contributed by atoms with Crippen LogP contribution in [0.4, 0.5) is 10.2 Å². The van der Waals surface area contributed by atoms with Crippen molar-refractivity contribution in [3.63, 3.8) is 0 Å². The summed E-state index contributed by atoms with van der Waals surface area (Å²) >= 11 is 0. The van der Waals surface area contributed by atoms with Gasteiger partial charge in [-0.05, 0) is 25.0 Å². The molecule has 1 aliphatic carbocycles. The smallest absolute Gasteiger partial charge is 0.214 e. The van der Waals surface area contributed by atoms with E-state index in [1.165, 1.54) is 18.9 Å². The van der Waals surface area contributed by atoms with Crippen LogP contribution in [0.5, 0.6) is 0 Å². The normalized spacial score (nSPS) is 16.5. The number of nitrogens with zero attached hydrogens (tertiary/aromatic N) is 1. The molecule has 2 nitrogen and oxygen atoms in total. The number of aromatic nitrogens is 1. The Morgan fingerprint density at radius 2 is 2.27 bits per heavy atom. The van der Waals surface area contributed by atoms with E-state index < -0.39 is 5.95 Å². The summed E-state index contributed by atoms with van der Waals surface area (Å²) in [4.78, 5) is 3.68. The van der Waals surface area contributed by atoms with Crippen LogP contribution in [0.15, 0.2) is 18.2 Å². The summed E-state index contributed by atoms with van der Waals surface area (Å²) in [5.41, 5.74) is 0. The zero-order chi connectivity index (χ0) is 7.68. The highest BCUT2D eigenvalue weighted by molar-refractivity contribution is 5.36. The van der Waals surface area contributed by atoms with Gasteiger partial charge in [-0.25, -0.2) is 4.98 Å². The summed E-state index contributed by atoms with van der Waals surface area (Å²) in [5.74, 6) is 0.225. The molecule has 0 radical (unpaired) electrons. The third-order valence-corrected chi connectivity index (χ3v) is 1.64. The van der Waals surface area contributed by atoms with Crippen molar-refractivity contribution in [3.05, 3.63) is 24.1 Å². The van der Waals surface area contributed by atoms with E-state index in [-0.39, 0.29) is 0 Å². The third-order valence-electron chi connectivity index (χ3n) is 1.64. The Bertz CT molecular complexity index is 258. The minimum atomic E-state index is -0.421. The maximum Gasteiger partial charge on any atom is 0.214 e. The standard InChI is InChI=1S/C8H9FN2/c9-7-2-1-3-8(11-7)10-6-4-5-6/h1-3,6H,4-5H2,(H,10,11). The highest BCUT2D eigenvalue weighted by Crippen LogP contribution is 2.23. The second kappa shape index (κ2) is 2.49. The van der Waals surface area contributed by atoms with Gasteiger partial charge in [0.05, 0.1) is 0 Å². The monoisotopic (exact) mass is 152 g/mol. The van der Waals surface area contributed by atoms with Gasteiger partial charge < -0.3 is 5.32 Å². The van der Waals surface area contributed by atoms with Gasteiger partial charge in [0.15, 0.2) is 0 Å². The highest BCUT2D eigenvalue weighted by atomic mass is 19.1. The molecule has 1 heterocycles. The van der Waals surface area contributed by atoms with Crippen molar-refractivity contribution in [1.29, 1.82) is 0 Å². The van der Waals surface area contributed by atoms with Crippen LogP contribution in [0.1, 0.15) is 12.8 Å². The molecule has 0 amide bonds. The number of nitrogens with one attached hydrogen (secondary N) is 1. The van der Waals surface area contributed by atoms with Gasteiger partial charge in [0.2, 0.25) is 5.95 Å². The average Bonchev–Trinajstić information content (AvgIpc) is 2.71. The van der Waals surface area contributed by atoms with Gasteiger partial charge in [-0.15, -0.1) is 0 Å². The first kappa shape index (κ1) is 6.58. The first-order chi connectivity index (χ1) is 5.34. The van der Waals surface area contributed by atoms with Crippen LogP contribution in [0.3, 0.4) is 0 Å². The lowest BCUT2D eigenvalue weighted by molar-refractivity contribution is 0.585. The number of rotatable bonds is 2. The van der Waals surface area contributed by atoms with Crippen LogP contribution in [0.2, 0.25) is 0 Å². The first-order valence-electron chi connectivity index (χ1n) is 3.74. The predicted octanol–water partition coefficient (Wildman–Crippen LogP) is 1.79. The van der Waals surface area contributed by atoms with Crippen molar-refractivity contribution in [3.8, 4) is 0 Å². The lowest BCUT2D eigenvalue weighted by Crippen LogP contribution is -2.03. The Morgan fingerprint density at radius 1 is 1.45 bits per heavy atom. The molecule has 1 aromatic rings. The number of anilines is 1. The van der Waals surface area contributed by atoms with E-state index in [1.807, 2.05) is 0 Å². The fraction of sp³-hybridized carbons (Fsp3) is 0.375. The van der Waals surface area contributed by atoms with Gasteiger partial charge in [-0.3, -0.25) is 0 Å². The maximum absolute atomic E-state index is 12.5. The van der Waals surface area contributed by atoms with Gasteiger partial charge in [0, 0.05) is 6.04 Å². The summed E-state index contributed by atoms with van der Waals surface area (Å²) in [5, 5.41) is 3.11. The van der Waals surface area contributed by atoms with E-state index in [2.05, 4.69) is 10.3 Å². The molecule has 0 aromatic carbocycles. The minimum Gasteiger partial charge on any atom is -0.367 e. The summed E-state index contributed by atoms with van der Waals surface area (Å²) in [6, 6.07) is 5.32. The Hall–Kier alpha value is -1.12. The van der Waals surface area contributed by atoms with E-state index in [0.717, 1.165) is 0 Å². The molecule has 0 atom stereocenters. The van der Waals surface area contributed by atoms with E-state index in [4.69, 9.17) is 0 Å². The maximum atomic E-state index is 12.5. The molecule has 1 N–H and O–H groups in total. The fourth-order valence-corrected chi connectivity index (χ4v) is 0.925. The molecule has 0 bridgehead atoms. The van der Waals surface area contributed by atoms with E-state index in [0.29, 0.717) is 11.9 Å². The molecule has 1 fully saturated rings. The Labute approximate surface area is 64.5 Å². The molecule has 11 heavy (non-hydrogen) atoms. The zero-order valence-electron chi connectivity index (χ0n) is 6.05. The van der Waals surface area contributed by atoms with Gasteiger partial charge >= 0.3 is 0 Å². The molecular weight excluding hydrogens is 143 g/mol. The van der Waals surface area contributed by atoms with E-state index >= 15 is 0 Å². The second-order valence-electron chi connectivity index (χ2n) is 2.76. The summed E-state index contributed by atoms with van der Waals surface area (Å²) in [6.45, 7) is 0. The molecule has 3 heteroatoms. The molecule has 0 spiro atoms. The summed E-state index contributed by atoms with van der Waals surface area (Å²) < 4.78 is 12.5. The van der Waals surface area contributed by atoms with Crippen molar-refractivity contribution >= 4 is 5.82 Å². The average molecular weight is 152 g/mol. The van der Waals surface area contributed by atoms with Crippen molar-refractivity contribution < 1.29 is 4.39 Å². The molecule has 2 rings (SSSR count). The van der Waals surface area contributed by atoms with Gasteiger partial charge in [-0.1, -0.05) is 6.07 Å². The van der Waals surface area contributed by atoms with Gasteiger partial charge in [-0.2, -0.15) is 4.39 Å². The van der Waals surface area contributed by atoms with Crippen LogP contribution < -0.4 is 5.32 Å². The van der Waals surface area contributed by atoms with Crippen molar-refractivity contribution in [2.45, 2.75) is 18.9 Å². The number of pyridine rings is 1. The predicted molar refractivity (Wildman–Crippen MR) is 40.8 cm³/mol. The Morgan fingerprint density at radius 3 is 2.91 bits per heavy atom. The van der Waals surface area contributed by atoms with Crippen molar-refractivity contribution in [2.24, 2.45) is 0 Å². The molecule has 1 saturated carbocycles. The lowest BCUT2D eigenvalue weighted by atomic mass is 10.4. The van der Waals surface area contributed by atoms with Crippen LogP contribution >= 0.6 is 0 Å². The molecule has 1 aliphatic rings. The number of halogens is 1. The Kier molecular flexibility index (Phi) is 1.49. The Balaban J connectivity index is 2.10. The number of hydrogen-bond acceptors (Lipinski definition) is 2. The van der Waals surface area contributed by atoms with Crippen LogP contribution in [0, 0.1) is 5.95 Å². The van der Waals surface area contributed by atoms with Crippen LogP contribution in [-0.4, -0.2) is 11.0 Å².